The number of piperazine rings is 1. The highest BCUT2D eigenvalue weighted by Gasteiger charge is 2.27. The quantitative estimate of drug-likeness (QED) is 0.770. The third-order valence-electron chi connectivity index (χ3n) is 5.18. The lowest BCUT2D eigenvalue weighted by molar-refractivity contribution is -0.137. The summed E-state index contributed by atoms with van der Waals surface area (Å²) in [6.45, 7) is 4.23. The Kier molecular flexibility index (Phi) is 5.97. The number of hydrogen-bond donors (Lipinski definition) is 0. The second-order valence-electron chi connectivity index (χ2n) is 6.76. The van der Waals surface area contributed by atoms with Crippen LogP contribution in [0.25, 0.3) is 0 Å². The van der Waals surface area contributed by atoms with Gasteiger partial charge in [-0.25, -0.2) is 0 Å². The van der Waals surface area contributed by atoms with Crippen molar-refractivity contribution in [1.29, 1.82) is 0 Å². The first-order chi connectivity index (χ1) is 12.2. The van der Waals surface area contributed by atoms with Crippen LogP contribution in [0.2, 0.25) is 0 Å². The van der Waals surface area contributed by atoms with Crippen LogP contribution in [0, 0.1) is 5.92 Å². The Bertz CT molecular complexity index is 621. The van der Waals surface area contributed by atoms with E-state index in [1.54, 1.807) is 14.2 Å². The molecule has 0 unspecified atom stereocenters. The normalized spacial score (nSPS) is 21.2. The molecule has 25 heavy (non-hydrogen) atoms. The molecule has 0 radical (unpaired) electrons. The summed E-state index contributed by atoms with van der Waals surface area (Å²) in [5, 5.41) is 0. The summed E-state index contributed by atoms with van der Waals surface area (Å²) in [5.74, 6) is 2.25. The molecule has 0 aromatic heterocycles. The van der Waals surface area contributed by atoms with Crippen molar-refractivity contribution >= 4 is 5.91 Å². The molecule has 5 heteroatoms. The van der Waals surface area contributed by atoms with Crippen molar-refractivity contribution < 1.29 is 14.3 Å². The zero-order valence-electron chi connectivity index (χ0n) is 15.2. The van der Waals surface area contributed by atoms with E-state index in [4.69, 9.17) is 9.47 Å². The summed E-state index contributed by atoms with van der Waals surface area (Å²) < 4.78 is 10.8. The van der Waals surface area contributed by atoms with Crippen molar-refractivity contribution in [2.45, 2.75) is 25.8 Å². The van der Waals surface area contributed by atoms with Crippen LogP contribution >= 0.6 is 0 Å². The second kappa shape index (κ2) is 8.39. The summed E-state index contributed by atoms with van der Waals surface area (Å²) >= 11 is 0. The molecule has 5 nitrogen and oxygen atoms in total. The molecule has 0 bridgehead atoms. The first kappa shape index (κ1) is 17.8. The maximum Gasteiger partial charge on any atom is 0.226 e. The smallest absolute Gasteiger partial charge is 0.226 e. The van der Waals surface area contributed by atoms with E-state index in [0.29, 0.717) is 5.91 Å². The Hall–Kier alpha value is -2.01. The summed E-state index contributed by atoms with van der Waals surface area (Å²) in [5.41, 5.74) is 1.12. The Morgan fingerprint density at radius 3 is 2.56 bits per heavy atom. The number of hydrogen-bond acceptors (Lipinski definition) is 4. The first-order valence-corrected chi connectivity index (χ1v) is 9.08. The lowest BCUT2D eigenvalue weighted by atomic mass is 9.93. The molecule has 0 N–H and O–H groups in total. The number of methoxy groups -OCH3 is 2. The third kappa shape index (κ3) is 4.34. The lowest BCUT2D eigenvalue weighted by Gasteiger charge is -2.37. The predicted octanol–water partition coefficient (Wildman–Crippen LogP) is 2.70. The molecule has 1 saturated heterocycles. The molecule has 1 aromatic rings. The number of carbonyl (C=O) groups is 1. The van der Waals surface area contributed by atoms with Gasteiger partial charge < -0.3 is 14.4 Å². The number of allylic oxidation sites excluding steroid dienone is 2. The minimum absolute atomic E-state index is 0.190. The monoisotopic (exact) mass is 344 g/mol. The van der Waals surface area contributed by atoms with Crippen molar-refractivity contribution in [2.75, 3.05) is 40.4 Å². The van der Waals surface area contributed by atoms with E-state index in [1.807, 2.05) is 23.1 Å². The summed E-state index contributed by atoms with van der Waals surface area (Å²) in [4.78, 5) is 17.1. The molecule has 0 saturated carbocycles. The number of amides is 1. The zero-order chi connectivity index (χ0) is 17.6. The van der Waals surface area contributed by atoms with Crippen LogP contribution in [0.1, 0.15) is 24.8 Å². The molecule has 0 spiro atoms. The SMILES string of the molecule is COc1ccc(OC)c(CN2CCN(C(=O)[C@H]3CC=CCC3)CC2)c1. The third-order valence-corrected chi connectivity index (χ3v) is 5.18. The van der Waals surface area contributed by atoms with Gasteiger partial charge in [0.25, 0.3) is 0 Å². The van der Waals surface area contributed by atoms with E-state index in [2.05, 4.69) is 17.1 Å². The molecule has 1 aliphatic heterocycles. The molecular formula is C20H28N2O3. The fourth-order valence-electron chi connectivity index (χ4n) is 3.65. The van der Waals surface area contributed by atoms with Crippen molar-refractivity contribution in [1.82, 2.24) is 9.80 Å². The molecule has 3 rings (SSSR count). The molecule has 1 heterocycles. The predicted molar refractivity (Wildman–Crippen MR) is 97.9 cm³/mol. The number of carbonyl (C=O) groups excluding carboxylic acids is 1. The number of ether oxygens (including phenoxy) is 2. The van der Waals surface area contributed by atoms with E-state index >= 15 is 0 Å². The van der Waals surface area contributed by atoms with Gasteiger partial charge in [-0.3, -0.25) is 9.69 Å². The Balaban J connectivity index is 1.56. The van der Waals surface area contributed by atoms with Gasteiger partial charge in [0, 0.05) is 44.2 Å². The molecule has 1 aromatic carbocycles. The van der Waals surface area contributed by atoms with E-state index < -0.39 is 0 Å². The maximum absolute atomic E-state index is 12.6. The van der Waals surface area contributed by atoms with Gasteiger partial charge in [0.2, 0.25) is 5.91 Å². The Morgan fingerprint density at radius 2 is 1.92 bits per heavy atom. The highest BCUT2D eigenvalue weighted by molar-refractivity contribution is 5.79. The van der Waals surface area contributed by atoms with Crippen molar-refractivity contribution in [3.63, 3.8) is 0 Å². The van der Waals surface area contributed by atoms with Gasteiger partial charge in [-0.15, -0.1) is 0 Å². The van der Waals surface area contributed by atoms with Crippen LogP contribution in [-0.4, -0.2) is 56.1 Å². The summed E-state index contributed by atoms with van der Waals surface area (Å²) in [6, 6.07) is 5.90. The topological polar surface area (TPSA) is 42.0 Å². The van der Waals surface area contributed by atoms with Crippen LogP contribution in [0.5, 0.6) is 11.5 Å². The highest BCUT2D eigenvalue weighted by Crippen LogP contribution is 2.26. The van der Waals surface area contributed by atoms with Crippen LogP contribution in [-0.2, 0) is 11.3 Å². The molecule has 136 valence electrons. The minimum Gasteiger partial charge on any atom is -0.497 e. The van der Waals surface area contributed by atoms with E-state index in [9.17, 15) is 4.79 Å². The molecule has 1 atom stereocenters. The van der Waals surface area contributed by atoms with Gasteiger partial charge in [-0.2, -0.15) is 0 Å². The lowest BCUT2D eigenvalue weighted by Crippen LogP contribution is -2.50. The number of nitrogens with zero attached hydrogens (tertiary/aromatic N) is 2. The van der Waals surface area contributed by atoms with Crippen LogP contribution < -0.4 is 9.47 Å². The van der Waals surface area contributed by atoms with Crippen molar-refractivity contribution in [2.24, 2.45) is 5.92 Å². The largest absolute Gasteiger partial charge is 0.497 e. The Labute approximate surface area is 150 Å². The molecule has 1 fully saturated rings. The fraction of sp³-hybridized carbons (Fsp3) is 0.550. The highest BCUT2D eigenvalue weighted by atomic mass is 16.5. The average molecular weight is 344 g/mol. The van der Waals surface area contributed by atoms with E-state index in [0.717, 1.165) is 69.0 Å². The van der Waals surface area contributed by atoms with Crippen LogP contribution in [0.15, 0.2) is 30.4 Å². The average Bonchev–Trinajstić information content (AvgIpc) is 2.68. The standard InChI is InChI=1S/C20H28N2O3/c1-24-18-8-9-19(25-2)17(14-18)15-21-10-12-22(13-11-21)20(23)16-6-4-3-5-7-16/h3-4,8-9,14,16H,5-7,10-13,15H2,1-2H3/t16-/m0/s1. The minimum atomic E-state index is 0.190. The van der Waals surface area contributed by atoms with Crippen molar-refractivity contribution in [3.05, 3.63) is 35.9 Å². The van der Waals surface area contributed by atoms with Gasteiger partial charge >= 0.3 is 0 Å². The van der Waals surface area contributed by atoms with Gasteiger partial charge in [0.15, 0.2) is 0 Å². The zero-order valence-corrected chi connectivity index (χ0v) is 15.2. The molecule has 2 aliphatic rings. The fourth-order valence-corrected chi connectivity index (χ4v) is 3.65. The van der Waals surface area contributed by atoms with Gasteiger partial charge in [0.1, 0.15) is 11.5 Å². The van der Waals surface area contributed by atoms with E-state index in [-0.39, 0.29) is 5.92 Å². The van der Waals surface area contributed by atoms with Gasteiger partial charge in [-0.1, -0.05) is 12.2 Å². The number of rotatable bonds is 5. The van der Waals surface area contributed by atoms with E-state index in [1.165, 1.54) is 0 Å². The molecule has 1 amide bonds. The van der Waals surface area contributed by atoms with Crippen LogP contribution in [0.3, 0.4) is 0 Å². The molecular weight excluding hydrogens is 316 g/mol. The Morgan fingerprint density at radius 1 is 1.12 bits per heavy atom. The molecule has 1 aliphatic carbocycles. The maximum atomic E-state index is 12.6. The number of benzene rings is 1. The summed E-state index contributed by atoms with van der Waals surface area (Å²) in [6.07, 6.45) is 7.27. The first-order valence-electron chi connectivity index (χ1n) is 9.08. The summed E-state index contributed by atoms with van der Waals surface area (Å²) in [7, 11) is 3.37. The van der Waals surface area contributed by atoms with Crippen LogP contribution in [0.4, 0.5) is 0 Å². The van der Waals surface area contributed by atoms with Gasteiger partial charge in [-0.05, 0) is 37.5 Å². The van der Waals surface area contributed by atoms with Gasteiger partial charge in [0.05, 0.1) is 14.2 Å². The second-order valence-corrected chi connectivity index (χ2v) is 6.76. The van der Waals surface area contributed by atoms with Crippen molar-refractivity contribution in [3.8, 4) is 11.5 Å².